The van der Waals surface area contributed by atoms with Crippen molar-refractivity contribution in [2.45, 2.75) is 33.3 Å². The lowest BCUT2D eigenvalue weighted by Gasteiger charge is -2.26. The van der Waals surface area contributed by atoms with Crippen LogP contribution in [0.5, 0.6) is 17.2 Å². The van der Waals surface area contributed by atoms with Crippen LogP contribution >= 0.6 is 11.6 Å². The number of hydrogen-bond donors (Lipinski definition) is 1. The number of rotatable bonds is 6. The van der Waals surface area contributed by atoms with Gasteiger partial charge in [0.15, 0.2) is 12.6 Å². The number of phenolic OH excluding ortho intramolecular Hbond substituents is 1. The molecule has 2 unspecified atom stereocenters. The lowest BCUT2D eigenvalue weighted by molar-refractivity contribution is -0.0173. The molecule has 2 aromatic rings. The number of phenols is 1. The number of benzene rings is 2. The fraction of sp³-hybridized carbons (Fsp3) is 0.381. The van der Waals surface area contributed by atoms with Gasteiger partial charge in [-0.05, 0) is 42.7 Å². The Bertz CT molecular complexity index is 849. The van der Waals surface area contributed by atoms with Crippen LogP contribution in [-0.2, 0) is 11.3 Å². The number of ether oxygens (including phenoxy) is 3. The van der Waals surface area contributed by atoms with E-state index in [1.807, 2.05) is 32.9 Å². The van der Waals surface area contributed by atoms with Crippen molar-refractivity contribution in [2.75, 3.05) is 13.4 Å². The van der Waals surface area contributed by atoms with Crippen LogP contribution in [-0.4, -0.2) is 24.3 Å². The quantitative estimate of drug-likeness (QED) is 0.708. The van der Waals surface area contributed by atoms with Crippen molar-refractivity contribution in [1.29, 1.82) is 0 Å². The molecule has 0 aliphatic carbocycles. The second kappa shape index (κ2) is 8.19. The highest BCUT2D eigenvalue weighted by atomic mass is 35.5. The molecule has 2 aromatic carbocycles. The second-order valence-corrected chi connectivity index (χ2v) is 7.08. The van der Waals surface area contributed by atoms with Gasteiger partial charge in [0.05, 0.1) is 18.8 Å². The summed E-state index contributed by atoms with van der Waals surface area (Å²) in [5.41, 5.74) is 2.02. The van der Waals surface area contributed by atoms with E-state index in [1.165, 1.54) is 6.07 Å². The van der Waals surface area contributed by atoms with Crippen LogP contribution in [0, 0.1) is 5.92 Å². The van der Waals surface area contributed by atoms with Crippen LogP contribution in [0.3, 0.4) is 0 Å². The SMILES string of the molecule is CCOc1ccc(C(=O)C(C)C(C)c2cc(Cl)cc3c2OCOC3)c(O)c1. The zero-order valence-electron chi connectivity index (χ0n) is 15.6. The number of carbonyl (C=O) groups is 1. The van der Waals surface area contributed by atoms with Gasteiger partial charge >= 0.3 is 0 Å². The molecule has 27 heavy (non-hydrogen) atoms. The van der Waals surface area contributed by atoms with E-state index in [2.05, 4.69) is 0 Å². The van der Waals surface area contributed by atoms with Crippen LogP contribution in [0.2, 0.25) is 5.02 Å². The Morgan fingerprint density at radius 1 is 1.30 bits per heavy atom. The Morgan fingerprint density at radius 3 is 2.78 bits per heavy atom. The minimum atomic E-state index is -0.386. The number of aromatic hydroxyl groups is 1. The highest BCUT2D eigenvalue weighted by Gasteiger charge is 2.29. The van der Waals surface area contributed by atoms with Gasteiger partial charge in [0.1, 0.15) is 17.2 Å². The van der Waals surface area contributed by atoms with Gasteiger partial charge in [-0.2, -0.15) is 0 Å². The number of fused-ring (bicyclic) bond motifs is 1. The van der Waals surface area contributed by atoms with Gasteiger partial charge in [0.2, 0.25) is 0 Å². The van der Waals surface area contributed by atoms with E-state index in [4.69, 9.17) is 25.8 Å². The Morgan fingerprint density at radius 2 is 2.07 bits per heavy atom. The molecule has 0 spiro atoms. The van der Waals surface area contributed by atoms with Crippen molar-refractivity contribution in [3.63, 3.8) is 0 Å². The summed E-state index contributed by atoms with van der Waals surface area (Å²) < 4.78 is 16.4. The third-order valence-electron chi connectivity index (χ3n) is 4.90. The first kappa shape index (κ1) is 19.5. The van der Waals surface area contributed by atoms with Gasteiger partial charge in [-0.3, -0.25) is 4.79 Å². The summed E-state index contributed by atoms with van der Waals surface area (Å²) in [7, 11) is 0. The molecule has 0 amide bonds. The molecule has 0 saturated carbocycles. The number of halogens is 1. The van der Waals surface area contributed by atoms with Crippen LogP contribution in [0.15, 0.2) is 30.3 Å². The van der Waals surface area contributed by atoms with E-state index in [1.54, 1.807) is 12.1 Å². The molecule has 1 aliphatic rings. The minimum absolute atomic E-state index is 0.0808. The number of carbonyl (C=O) groups excluding carboxylic acids is 1. The molecule has 0 aromatic heterocycles. The molecule has 3 rings (SSSR count). The average Bonchev–Trinajstić information content (AvgIpc) is 2.66. The molecule has 2 atom stereocenters. The molecule has 1 aliphatic heterocycles. The molecule has 1 N–H and O–H groups in total. The fourth-order valence-corrected chi connectivity index (χ4v) is 3.51. The molecule has 0 fully saturated rings. The van der Waals surface area contributed by atoms with E-state index >= 15 is 0 Å². The van der Waals surface area contributed by atoms with Gasteiger partial charge in [0, 0.05) is 22.6 Å². The predicted octanol–water partition coefficient (Wildman–Crippen LogP) is 4.93. The Hall–Kier alpha value is -2.24. The molecule has 0 bridgehead atoms. The maximum Gasteiger partial charge on any atom is 0.189 e. The maximum atomic E-state index is 13.0. The molecule has 0 saturated heterocycles. The van der Waals surface area contributed by atoms with Crippen molar-refractivity contribution in [3.8, 4) is 17.2 Å². The standard InChI is InChI=1S/C21H23ClO5/c1-4-26-16-5-6-17(19(23)9-16)20(24)13(3)12(2)18-8-15(22)7-14-10-25-11-27-21(14)18/h5-9,12-13,23H,4,10-11H2,1-3H3. The summed E-state index contributed by atoms with van der Waals surface area (Å²) in [6.07, 6.45) is 0. The van der Waals surface area contributed by atoms with Gasteiger partial charge in [0.25, 0.3) is 0 Å². The van der Waals surface area contributed by atoms with Crippen LogP contribution in [0.4, 0.5) is 0 Å². The molecule has 6 heteroatoms. The summed E-state index contributed by atoms with van der Waals surface area (Å²) >= 11 is 6.25. The zero-order valence-corrected chi connectivity index (χ0v) is 16.4. The highest BCUT2D eigenvalue weighted by Crippen LogP contribution is 2.40. The summed E-state index contributed by atoms with van der Waals surface area (Å²) in [6, 6.07) is 8.41. The molecular formula is C21H23ClO5. The predicted molar refractivity (Wildman–Crippen MR) is 103 cm³/mol. The molecule has 1 heterocycles. The lowest BCUT2D eigenvalue weighted by Crippen LogP contribution is -2.21. The van der Waals surface area contributed by atoms with Crippen molar-refractivity contribution in [1.82, 2.24) is 0 Å². The summed E-state index contributed by atoms with van der Waals surface area (Å²) in [6.45, 7) is 6.75. The lowest BCUT2D eigenvalue weighted by atomic mass is 9.82. The van der Waals surface area contributed by atoms with Crippen molar-refractivity contribution < 1.29 is 24.1 Å². The van der Waals surface area contributed by atoms with Gasteiger partial charge < -0.3 is 19.3 Å². The number of ketones is 1. The Kier molecular flexibility index (Phi) is 5.92. The average molecular weight is 391 g/mol. The zero-order chi connectivity index (χ0) is 19.6. The highest BCUT2D eigenvalue weighted by molar-refractivity contribution is 6.30. The van der Waals surface area contributed by atoms with E-state index < -0.39 is 0 Å². The Labute approximate surface area is 163 Å². The van der Waals surface area contributed by atoms with Gasteiger partial charge in [-0.25, -0.2) is 0 Å². The minimum Gasteiger partial charge on any atom is -0.507 e. The monoisotopic (exact) mass is 390 g/mol. The van der Waals surface area contributed by atoms with Crippen LogP contribution in [0.1, 0.15) is 48.2 Å². The molecule has 144 valence electrons. The first-order valence-corrected chi connectivity index (χ1v) is 9.33. The van der Waals surface area contributed by atoms with E-state index in [0.29, 0.717) is 24.0 Å². The fourth-order valence-electron chi connectivity index (χ4n) is 3.26. The number of Topliss-reactive ketones (excluding diaryl/α,β-unsaturated/α-hetero) is 1. The third kappa shape index (κ3) is 4.04. The topological polar surface area (TPSA) is 65.0 Å². The largest absolute Gasteiger partial charge is 0.507 e. The van der Waals surface area contributed by atoms with E-state index in [9.17, 15) is 9.90 Å². The molecule has 5 nitrogen and oxygen atoms in total. The van der Waals surface area contributed by atoms with Crippen LogP contribution < -0.4 is 9.47 Å². The third-order valence-corrected chi connectivity index (χ3v) is 5.12. The molecule has 0 radical (unpaired) electrons. The van der Waals surface area contributed by atoms with Crippen molar-refractivity contribution in [2.24, 2.45) is 5.92 Å². The summed E-state index contributed by atoms with van der Waals surface area (Å²) in [4.78, 5) is 13.0. The smallest absolute Gasteiger partial charge is 0.189 e. The Balaban J connectivity index is 1.88. The molecular weight excluding hydrogens is 368 g/mol. The first-order chi connectivity index (χ1) is 12.9. The maximum absolute atomic E-state index is 13.0. The summed E-state index contributed by atoms with van der Waals surface area (Å²) in [5.74, 6) is 0.488. The van der Waals surface area contributed by atoms with Crippen molar-refractivity contribution in [3.05, 3.63) is 52.0 Å². The van der Waals surface area contributed by atoms with E-state index in [-0.39, 0.29) is 35.7 Å². The van der Waals surface area contributed by atoms with Crippen LogP contribution in [0.25, 0.3) is 0 Å². The normalized spacial score (nSPS) is 15.4. The first-order valence-electron chi connectivity index (χ1n) is 8.95. The number of hydrogen-bond acceptors (Lipinski definition) is 5. The van der Waals surface area contributed by atoms with E-state index in [0.717, 1.165) is 16.9 Å². The second-order valence-electron chi connectivity index (χ2n) is 6.65. The van der Waals surface area contributed by atoms with Crippen molar-refractivity contribution >= 4 is 17.4 Å². The summed E-state index contributed by atoms with van der Waals surface area (Å²) in [5, 5.41) is 10.8. The van der Waals surface area contributed by atoms with Gasteiger partial charge in [-0.15, -0.1) is 0 Å². The van der Waals surface area contributed by atoms with Gasteiger partial charge in [-0.1, -0.05) is 25.4 Å².